The summed E-state index contributed by atoms with van der Waals surface area (Å²) in [6.45, 7) is 0. The third kappa shape index (κ3) is 2.84. The highest BCUT2D eigenvalue weighted by Gasteiger charge is 2.48. The molecule has 0 bridgehead atoms. The maximum absolute atomic E-state index is 13.3. The minimum Gasteiger partial charge on any atom is -0.550 e. The van der Waals surface area contributed by atoms with Crippen molar-refractivity contribution < 1.29 is 14.7 Å². The highest BCUT2D eigenvalue weighted by Crippen LogP contribution is 2.53. The first-order chi connectivity index (χ1) is 12.2. The van der Waals surface area contributed by atoms with Gasteiger partial charge >= 0.3 is 0 Å². The highest BCUT2D eigenvalue weighted by molar-refractivity contribution is 6.00. The van der Waals surface area contributed by atoms with Gasteiger partial charge in [-0.25, -0.2) is 0 Å². The lowest BCUT2D eigenvalue weighted by atomic mass is 9.56. The van der Waals surface area contributed by atoms with Crippen LogP contribution in [0.25, 0.3) is 0 Å². The molecule has 0 spiro atoms. The zero-order valence-electron chi connectivity index (χ0n) is 14.6. The summed E-state index contributed by atoms with van der Waals surface area (Å²) in [5.74, 6) is -2.01. The Morgan fingerprint density at radius 1 is 0.800 bits per heavy atom. The van der Waals surface area contributed by atoms with Crippen molar-refractivity contribution in [3.63, 3.8) is 0 Å². The molecule has 4 atom stereocenters. The van der Waals surface area contributed by atoms with E-state index in [-0.39, 0.29) is 17.6 Å². The van der Waals surface area contributed by atoms with Gasteiger partial charge in [-0.2, -0.15) is 0 Å². The molecular formula is C22H25O3-. The van der Waals surface area contributed by atoms with Gasteiger partial charge in [-0.1, -0.05) is 54.3 Å². The Kier molecular flexibility index (Phi) is 4.49. The molecule has 0 heterocycles. The van der Waals surface area contributed by atoms with Gasteiger partial charge in [-0.3, -0.25) is 4.79 Å². The summed E-state index contributed by atoms with van der Waals surface area (Å²) in [4.78, 5) is 25.5. The van der Waals surface area contributed by atoms with Crippen LogP contribution in [0.3, 0.4) is 0 Å². The molecule has 132 valence electrons. The van der Waals surface area contributed by atoms with E-state index in [9.17, 15) is 14.7 Å². The number of Topliss-reactive ketones (excluding diaryl/α,β-unsaturated/α-hetero) is 1. The van der Waals surface area contributed by atoms with Gasteiger partial charge in [0.05, 0.1) is 0 Å². The SMILES string of the molecule is O=C([O-])[C@@H]1[C@H](C(=O)c2ccccc2)[C@H]2CCCCC2=C2CCCC[C@@H]21. The van der Waals surface area contributed by atoms with E-state index in [1.807, 2.05) is 30.3 Å². The Bertz CT molecular complexity index is 703. The normalized spacial score (nSPS) is 31.8. The lowest BCUT2D eigenvalue weighted by molar-refractivity contribution is -0.315. The van der Waals surface area contributed by atoms with Gasteiger partial charge in [-0.05, 0) is 50.4 Å². The zero-order chi connectivity index (χ0) is 17.4. The van der Waals surface area contributed by atoms with Crippen LogP contribution < -0.4 is 5.11 Å². The van der Waals surface area contributed by atoms with Crippen LogP contribution in [0.4, 0.5) is 0 Å². The van der Waals surface area contributed by atoms with E-state index in [0.717, 1.165) is 44.9 Å². The number of carboxylic acid groups (broad SMARTS) is 1. The Hall–Kier alpha value is -1.90. The summed E-state index contributed by atoms with van der Waals surface area (Å²) < 4.78 is 0. The van der Waals surface area contributed by atoms with Crippen molar-refractivity contribution in [1.29, 1.82) is 0 Å². The molecule has 0 amide bonds. The Labute approximate surface area is 149 Å². The molecule has 0 aliphatic heterocycles. The fourth-order valence-corrected chi connectivity index (χ4v) is 5.62. The average molecular weight is 337 g/mol. The standard InChI is InChI=1S/C22H26O3/c23-21(14-8-2-1-3-9-14)19-17-12-6-4-10-15(17)16-11-5-7-13-18(16)20(19)22(24)25/h1-3,8-9,17-20H,4-7,10-13H2,(H,24,25)/p-1/t17-,18-,19+,20-/m0/s1. The van der Waals surface area contributed by atoms with Gasteiger partial charge < -0.3 is 9.90 Å². The summed E-state index contributed by atoms with van der Waals surface area (Å²) in [5.41, 5.74) is 3.45. The molecule has 1 aromatic carbocycles. The molecule has 0 aromatic heterocycles. The molecule has 0 saturated heterocycles. The summed E-state index contributed by atoms with van der Waals surface area (Å²) >= 11 is 0. The minimum absolute atomic E-state index is 0.00354. The van der Waals surface area contributed by atoms with Crippen LogP contribution in [-0.4, -0.2) is 11.8 Å². The fraction of sp³-hybridized carbons (Fsp3) is 0.545. The molecule has 0 radical (unpaired) electrons. The second-order valence-electron chi connectivity index (χ2n) is 7.86. The number of carbonyl (C=O) groups is 2. The molecule has 0 unspecified atom stereocenters. The molecule has 4 rings (SSSR count). The number of fused-ring (bicyclic) bond motifs is 2. The summed E-state index contributed by atoms with van der Waals surface area (Å²) in [5, 5.41) is 12.1. The molecule has 2 saturated carbocycles. The van der Waals surface area contributed by atoms with E-state index in [1.165, 1.54) is 17.6 Å². The van der Waals surface area contributed by atoms with Crippen LogP contribution in [0, 0.1) is 23.7 Å². The number of rotatable bonds is 3. The molecule has 3 aliphatic carbocycles. The topological polar surface area (TPSA) is 57.2 Å². The molecular weight excluding hydrogens is 312 g/mol. The second-order valence-corrected chi connectivity index (χ2v) is 7.86. The third-order valence-corrected chi connectivity index (χ3v) is 6.62. The Morgan fingerprint density at radius 3 is 1.92 bits per heavy atom. The van der Waals surface area contributed by atoms with Crippen LogP contribution >= 0.6 is 0 Å². The summed E-state index contributed by atoms with van der Waals surface area (Å²) in [7, 11) is 0. The quantitative estimate of drug-likeness (QED) is 0.626. The maximum Gasteiger partial charge on any atom is 0.167 e. The van der Waals surface area contributed by atoms with E-state index >= 15 is 0 Å². The van der Waals surface area contributed by atoms with Gasteiger partial charge in [0.2, 0.25) is 0 Å². The van der Waals surface area contributed by atoms with Crippen LogP contribution in [0.2, 0.25) is 0 Å². The van der Waals surface area contributed by atoms with Gasteiger partial charge in [0.1, 0.15) is 0 Å². The Morgan fingerprint density at radius 2 is 1.36 bits per heavy atom. The van der Waals surface area contributed by atoms with Crippen LogP contribution in [-0.2, 0) is 4.79 Å². The number of hydrogen-bond acceptors (Lipinski definition) is 3. The maximum atomic E-state index is 13.3. The number of ketones is 1. The number of allylic oxidation sites excluding steroid dienone is 2. The second kappa shape index (κ2) is 6.78. The number of aliphatic carboxylic acids is 1. The van der Waals surface area contributed by atoms with Crippen molar-refractivity contribution in [2.75, 3.05) is 0 Å². The number of carboxylic acids is 1. The predicted molar refractivity (Wildman–Crippen MR) is 93.7 cm³/mol. The molecule has 3 heteroatoms. The van der Waals surface area contributed by atoms with E-state index in [4.69, 9.17) is 0 Å². The van der Waals surface area contributed by atoms with E-state index in [0.29, 0.717) is 5.56 Å². The molecule has 3 nitrogen and oxygen atoms in total. The number of hydrogen-bond donors (Lipinski definition) is 0. The van der Waals surface area contributed by atoms with Crippen molar-refractivity contribution in [2.24, 2.45) is 23.7 Å². The molecule has 2 fully saturated rings. The molecule has 25 heavy (non-hydrogen) atoms. The number of benzene rings is 1. The summed E-state index contributed by atoms with van der Waals surface area (Å²) in [6.07, 6.45) is 8.37. The first-order valence-corrected chi connectivity index (χ1v) is 9.70. The Balaban J connectivity index is 1.81. The third-order valence-electron chi connectivity index (χ3n) is 6.62. The largest absolute Gasteiger partial charge is 0.550 e. The number of carbonyl (C=O) groups excluding carboxylic acids is 2. The van der Waals surface area contributed by atoms with E-state index in [1.54, 1.807) is 0 Å². The molecule has 0 N–H and O–H groups in total. The van der Waals surface area contributed by atoms with Gasteiger partial charge in [0, 0.05) is 23.4 Å². The monoisotopic (exact) mass is 337 g/mol. The van der Waals surface area contributed by atoms with E-state index in [2.05, 4.69) is 0 Å². The van der Waals surface area contributed by atoms with Crippen LogP contribution in [0.1, 0.15) is 61.7 Å². The summed E-state index contributed by atoms with van der Waals surface area (Å²) in [6, 6.07) is 9.23. The zero-order valence-corrected chi connectivity index (χ0v) is 14.6. The highest BCUT2D eigenvalue weighted by atomic mass is 16.4. The lowest BCUT2D eigenvalue weighted by Crippen LogP contribution is -2.50. The van der Waals surface area contributed by atoms with Crippen molar-refractivity contribution >= 4 is 11.8 Å². The molecule has 1 aromatic rings. The van der Waals surface area contributed by atoms with Gasteiger partial charge in [0.25, 0.3) is 0 Å². The van der Waals surface area contributed by atoms with Gasteiger partial charge in [-0.15, -0.1) is 0 Å². The van der Waals surface area contributed by atoms with Crippen LogP contribution in [0.15, 0.2) is 41.5 Å². The van der Waals surface area contributed by atoms with Crippen molar-refractivity contribution in [3.05, 3.63) is 47.0 Å². The van der Waals surface area contributed by atoms with Crippen molar-refractivity contribution in [3.8, 4) is 0 Å². The van der Waals surface area contributed by atoms with Gasteiger partial charge in [0.15, 0.2) is 5.78 Å². The van der Waals surface area contributed by atoms with Crippen molar-refractivity contribution in [1.82, 2.24) is 0 Å². The van der Waals surface area contributed by atoms with Crippen LogP contribution in [0.5, 0.6) is 0 Å². The fourth-order valence-electron chi connectivity index (χ4n) is 5.62. The predicted octanol–water partition coefficient (Wildman–Crippen LogP) is 3.54. The van der Waals surface area contributed by atoms with Crippen molar-refractivity contribution in [2.45, 2.75) is 51.4 Å². The smallest absolute Gasteiger partial charge is 0.167 e. The lowest BCUT2D eigenvalue weighted by Gasteiger charge is -2.49. The average Bonchev–Trinajstić information content (AvgIpc) is 2.67. The first kappa shape index (κ1) is 16.6. The minimum atomic E-state index is -1.02. The first-order valence-electron chi connectivity index (χ1n) is 9.70. The van der Waals surface area contributed by atoms with E-state index < -0.39 is 17.8 Å². The molecule has 3 aliphatic rings.